The number of nitrogens with one attached hydrogen (secondary N) is 1. The van der Waals surface area contributed by atoms with Gasteiger partial charge in [-0.3, -0.25) is 4.79 Å². The maximum Gasteiger partial charge on any atom is 0.220 e. The minimum Gasteiger partial charge on any atom is -0.356 e. The summed E-state index contributed by atoms with van der Waals surface area (Å²) in [6.07, 6.45) is 8.05. The summed E-state index contributed by atoms with van der Waals surface area (Å²) in [5.74, 6) is 1.78. The van der Waals surface area contributed by atoms with Crippen LogP contribution < -0.4 is 11.1 Å². The summed E-state index contributed by atoms with van der Waals surface area (Å²) in [5.41, 5.74) is 5.92. The van der Waals surface area contributed by atoms with Gasteiger partial charge in [-0.05, 0) is 49.5 Å². The van der Waals surface area contributed by atoms with Gasteiger partial charge in [0, 0.05) is 13.0 Å². The molecule has 0 spiro atoms. The van der Waals surface area contributed by atoms with Crippen molar-refractivity contribution in [3.63, 3.8) is 0 Å². The second-order valence-corrected chi connectivity index (χ2v) is 6.32. The minimum absolute atomic E-state index is 0.146. The molecule has 17 heavy (non-hydrogen) atoms. The van der Waals surface area contributed by atoms with Gasteiger partial charge in [0.15, 0.2) is 0 Å². The SMILES string of the molecule is CC1CCC(CNC(=O)CC2(CN)CCC2)C1. The van der Waals surface area contributed by atoms with Gasteiger partial charge >= 0.3 is 0 Å². The Hall–Kier alpha value is -0.570. The second-order valence-electron chi connectivity index (χ2n) is 6.32. The molecule has 3 nitrogen and oxygen atoms in total. The quantitative estimate of drug-likeness (QED) is 0.770. The van der Waals surface area contributed by atoms with Crippen LogP contribution in [0.15, 0.2) is 0 Å². The standard InChI is InChI=1S/C14H26N2O/c1-11-3-4-12(7-11)9-16-13(17)8-14(10-15)5-2-6-14/h11-12H,2-10,15H2,1H3,(H,16,17). The van der Waals surface area contributed by atoms with E-state index in [0.29, 0.717) is 18.9 Å². The van der Waals surface area contributed by atoms with Crippen LogP contribution in [0.5, 0.6) is 0 Å². The van der Waals surface area contributed by atoms with Gasteiger partial charge < -0.3 is 11.1 Å². The number of carbonyl (C=O) groups is 1. The summed E-state index contributed by atoms with van der Waals surface area (Å²) in [7, 11) is 0. The Morgan fingerprint density at radius 3 is 2.65 bits per heavy atom. The average Bonchev–Trinajstić information content (AvgIpc) is 2.67. The Morgan fingerprint density at radius 1 is 1.41 bits per heavy atom. The average molecular weight is 238 g/mol. The van der Waals surface area contributed by atoms with E-state index in [1.165, 1.54) is 25.7 Å². The molecule has 0 radical (unpaired) electrons. The molecule has 98 valence electrons. The number of carbonyl (C=O) groups excluding carboxylic acids is 1. The first-order valence-corrected chi connectivity index (χ1v) is 7.10. The Kier molecular flexibility index (Phi) is 4.08. The lowest BCUT2D eigenvalue weighted by Gasteiger charge is -2.40. The molecule has 2 fully saturated rings. The highest BCUT2D eigenvalue weighted by molar-refractivity contribution is 5.76. The van der Waals surface area contributed by atoms with Gasteiger partial charge in [-0.2, -0.15) is 0 Å². The molecule has 3 heteroatoms. The Morgan fingerprint density at radius 2 is 2.18 bits per heavy atom. The maximum absolute atomic E-state index is 11.9. The Bertz CT molecular complexity index is 268. The van der Waals surface area contributed by atoms with Gasteiger partial charge in [-0.25, -0.2) is 0 Å². The third-order valence-corrected chi connectivity index (χ3v) is 4.77. The van der Waals surface area contributed by atoms with E-state index in [-0.39, 0.29) is 11.3 Å². The van der Waals surface area contributed by atoms with Crippen molar-refractivity contribution in [3.05, 3.63) is 0 Å². The molecule has 2 aliphatic rings. The highest BCUT2D eigenvalue weighted by Gasteiger charge is 2.37. The molecule has 0 bridgehead atoms. The molecule has 2 aliphatic carbocycles. The number of nitrogens with two attached hydrogens (primary N) is 1. The molecule has 0 aromatic rings. The first-order valence-electron chi connectivity index (χ1n) is 7.10. The minimum atomic E-state index is 0.146. The van der Waals surface area contributed by atoms with Crippen molar-refractivity contribution in [2.45, 2.75) is 51.9 Å². The van der Waals surface area contributed by atoms with E-state index in [2.05, 4.69) is 12.2 Å². The summed E-state index contributed by atoms with van der Waals surface area (Å²) in [6, 6.07) is 0. The summed E-state index contributed by atoms with van der Waals surface area (Å²) in [4.78, 5) is 11.9. The zero-order valence-corrected chi connectivity index (χ0v) is 11.0. The van der Waals surface area contributed by atoms with E-state index in [9.17, 15) is 4.79 Å². The number of hydrogen-bond donors (Lipinski definition) is 2. The maximum atomic E-state index is 11.9. The van der Waals surface area contributed by atoms with Crippen molar-refractivity contribution in [1.82, 2.24) is 5.32 Å². The monoisotopic (exact) mass is 238 g/mol. The molecule has 2 rings (SSSR count). The van der Waals surface area contributed by atoms with E-state index >= 15 is 0 Å². The summed E-state index contributed by atoms with van der Waals surface area (Å²) in [5, 5.41) is 3.11. The summed E-state index contributed by atoms with van der Waals surface area (Å²) in [6.45, 7) is 3.85. The molecule has 0 aromatic heterocycles. The van der Waals surface area contributed by atoms with Crippen LogP contribution in [-0.4, -0.2) is 19.0 Å². The zero-order valence-electron chi connectivity index (χ0n) is 11.0. The van der Waals surface area contributed by atoms with Crippen LogP contribution >= 0.6 is 0 Å². The predicted molar refractivity (Wildman–Crippen MR) is 69.5 cm³/mol. The van der Waals surface area contributed by atoms with Crippen LogP contribution in [0.1, 0.15) is 51.9 Å². The van der Waals surface area contributed by atoms with Gasteiger partial charge in [0.25, 0.3) is 0 Å². The van der Waals surface area contributed by atoms with Crippen molar-refractivity contribution in [2.24, 2.45) is 23.0 Å². The molecule has 0 saturated heterocycles. The lowest BCUT2D eigenvalue weighted by molar-refractivity contribution is -0.124. The van der Waals surface area contributed by atoms with Crippen molar-refractivity contribution >= 4 is 5.91 Å². The number of rotatable bonds is 5. The van der Waals surface area contributed by atoms with Gasteiger partial charge in [0.05, 0.1) is 0 Å². The highest BCUT2D eigenvalue weighted by atomic mass is 16.1. The molecule has 2 unspecified atom stereocenters. The Labute approximate surface area is 105 Å². The fourth-order valence-corrected chi connectivity index (χ4v) is 3.30. The molecular formula is C14H26N2O. The van der Waals surface area contributed by atoms with E-state index in [4.69, 9.17) is 5.73 Å². The molecule has 2 atom stereocenters. The largest absolute Gasteiger partial charge is 0.356 e. The summed E-state index contributed by atoms with van der Waals surface area (Å²) < 4.78 is 0. The first kappa shape index (κ1) is 12.9. The van der Waals surface area contributed by atoms with Crippen LogP contribution in [0.4, 0.5) is 0 Å². The first-order chi connectivity index (χ1) is 8.13. The van der Waals surface area contributed by atoms with E-state index in [1.54, 1.807) is 0 Å². The van der Waals surface area contributed by atoms with Crippen LogP contribution in [-0.2, 0) is 4.79 Å². The number of hydrogen-bond acceptors (Lipinski definition) is 2. The van der Waals surface area contributed by atoms with Crippen LogP contribution in [0.25, 0.3) is 0 Å². The predicted octanol–water partition coefficient (Wildman–Crippen LogP) is 2.06. The normalized spacial score (nSPS) is 30.9. The van der Waals surface area contributed by atoms with Gasteiger partial charge in [0.1, 0.15) is 0 Å². The number of amides is 1. The fourth-order valence-electron chi connectivity index (χ4n) is 3.30. The van der Waals surface area contributed by atoms with E-state index < -0.39 is 0 Å². The second kappa shape index (κ2) is 5.38. The van der Waals surface area contributed by atoms with Crippen LogP contribution in [0.3, 0.4) is 0 Å². The van der Waals surface area contributed by atoms with Crippen molar-refractivity contribution in [1.29, 1.82) is 0 Å². The van der Waals surface area contributed by atoms with Gasteiger partial charge in [-0.1, -0.05) is 19.8 Å². The molecule has 3 N–H and O–H groups in total. The van der Waals surface area contributed by atoms with Gasteiger partial charge in [-0.15, -0.1) is 0 Å². The zero-order chi connectivity index (χ0) is 12.3. The third-order valence-electron chi connectivity index (χ3n) is 4.77. The van der Waals surface area contributed by atoms with E-state index in [1.807, 2.05) is 0 Å². The molecular weight excluding hydrogens is 212 g/mol. The van der Waals surface area contributed by atoms with Crippen molar-refractivity contribution in [3.8, 4) is 0 Å². The van der Waals surface area contributed by atoms with Crippen molar-refractivity contribution in [2.75, 3.05) is 13.1 Å². The highest BCUT2D eigenvalue weighted by Crippen LogP contribution is 2.42. The van der Waals surface area contributed by atoms with Crippen LogP contribution in [0.2, 0.25) is 0 Å². The molecule has 1 amide bonds. The lowest BCUT2D eigenvalue weighted by atomic mass is 9.66. The molecule has 0 aliphatic heterocycles. The van der Waals surface area contributed by atoms with Crippen LogP contribution in [0, 0.1) is 17.3 Å². The molecule has 0 aromatic carbocycles. The fraction of sp³-hybridized carbons (Fsp3) is 0.929. The smallest absolute Gasteiger partial charge is 0.220 e. The van der Waals surface area contributed by atoms with E-state index in [0.717, 1.165) is 25.3 Å². The topological polar surface area (TPSA) is 55.1 Å². The Balaban J connectivity index is 1.67. The molecule has 0 heterocycles. The van der Waals surface area contributed by atoms with Crippen molar-refractivity contribution < 1.29 is 4.79 Å². The lowest BCUT2D eigenvalue weighted by Crippen LogP contribution is -2.42. The third kappa shape index (κ3) is 3.21. The van der Waals surface area contributed by atoms with Gasteiger partial charge in [0.2, 0.25) is 5.91 Å². The summed E-state index contributed by atoms with van der Waals surface area (Å²) >= 11 is 0. The molecule has 2 saturated carbocycles.